The Kier molecular flexibility index (Phi) is 4.84. The second-order valence-electron chi connectivity index (χ2n) is 4.59. The van der Waals surface area contributed by atoms with Crippen molar-refractivity contribution in [1.82, 2.24) is 5.43 Å². The van der Waals surface area contributed by atoms with Gasteiger partial charge in [0.1, 0.15) is 17.9 Å². The molecule has 1 N–H and O–H groups in total. The number of nitro groups is 1. The second kappa shape index (κ2) is 7.00. The fraction of sp³-hybridized carbons (Fsp3) is 0.133. The minimum absolute atomic E-state index is 0.0119. The van der Waals surface area contributed by atoms with Crippen molar-refractivity contribution in [3.8, 4) is 17.4 Å². The van der Waals surface area contributed by atoms with E-state index in [4.69, 9.17) is 9.68 Å². The van der Waals surface area contributed by atoms with Gasteiger partial charge in [0.2, 0.25) is 0 Å². The van der Waals surface area contributed by atoms with E-state index in [1.165, 1.54) is 12.3 Å². The molecule has 0 radical (unpaired) electrons. The Morgan fingerprint density at radius 2 is 2.26 bits per heavy atom. The molecule has 0 aliphatic carbocycles. The number of furan rings is 1. The lowest BCUT2D eigenvalue weighted by Gasteiger charge is -2.00. The third kappa shape index (κ3) is 4.01. The summed E-state index contributed by atoms with van der Waals surface area (Å²) in [5.41, 5.74) is 3.31. The average Bonchev–Trinajstić information content (AvgIpc) is 2.96. The Labute approximate surface area is 131 Å². The number of hydrogen-bond acceptors (Lipinski definition) is 6. The zero-order valence-electron chi connectivity index (χ0n) is 12.1. The molecule has 1 aromatic carbocycles. The first-order valence-electron chi connectivity index (χ1n) is 6.55. The molecule has 0 atom stereocenters. The zero-order valence-corrected chi connectivity index (χ0v) is 12.1. The van der Waals surface area contributed by atoms with E-state index in [0.717, 1.165) is 0 Å². The number of carbonyl (C=O) groups excluding carboxylic acids is 1. The van der Waals surface area contributed by atoms with Crippen LogP contribution in [0, 0.1) is 28.4 Å². The Bertz CT molecular complexity index is 817. The molecular weight excluding hydrogens is 300 g/mol. The number of hydrazone groups is 1. The number of nitro benzene ring substituents is 1. The molecule has 8 heteroatoms. The zero-order chi connectivity index (χ0) is 16.8. The van der Waals surface area contributed by atoms with Gasteiger partial charge in [0.05, 0.1) is 17.2 Å². The fourth-order valence-electron chi connectivity index (χ4n) is 1.82. The fourth-order valence-corrected chi connectivity index (χ4v) is 1.82. The molecule has 2 rings (SSSR count). The quantitative estimate of drug-likeness (QED) is 0.516. The summed E-state index contributed by atoms with van der Waals surface area (Å²) < 4.78 is 5.50. The summed E-state index contributed by atoms with van der Waals surface area (Å²) in [4.78, 5) is 21.6. The Morgan fingerprint density at radius 3 is 2.96 bits per heavy atom. The molecule has 1 aromatic heterocycles. The first kappa shape index (κ1) is 15.9. The van der Waals surface area contributed by atoms with E-state index in [1.807, 2.05) is 0 Å². The van der Waals surface area contributed by atoms with Crippen molar-refractivity contribution < 1.29 is 14.1 Å². The van der Waals surface area contributed by atoms with Gasteiger partial charge in [-0.05, 0) is 19.1 Å². The number of carbonyl (C=O) groups is 1. The largest absolute Gasteiger partial charge is 0.455 e. The van der Waals surface area contributed by atoms with Crippen LogP contribution in [0.3, 0.4) is 0 Å². The van der Waals surface area contributed by atoms with Crippen LogP contribution in [0.15, 0.2) is 39.9 Å². The van der Waals surface area contributed by atoms with Gasteiger partial charge in [0.25, 0.3) is 11.6 Å². The third-order valence-corrected chi connectivity index (χ3v) is 2.94. The van der Waals surface area contributed by atoms with Gasteiger partial charge < -0.3 is 4.42 Å². The maximum atomic E-state index is 11.1. The Hall–Kier alpha value is -3.47. The summed E-state index contributed by atoms with van der Waals surface area (Å²) in [5, 5.41) is 22.9. The first-order valence-corrected chi connectivity index (χ1v) is 6.55. The number of amides is 1. The van der Waals surface area contributed by atoms with E-state index in [0.29, 0.717) is 22.6 Å². The molecule has 0 aliphatic rings. The van der Waals surface area contributed by atoms with Crippen molar-refractivity contribution in [1.29, 1.82) is 5.26 Å². The molecule has 0 spiro atoms. The summed E-state index contributed by atoms with van der Waals surface area (Å²) in [6.45, 7) is 1.66. The van der Waals surface area contributed by atoms with Gasteiger partial charge in [-0.3, -0.25) is 14.9 Å². The number of nitrogens with zero attached hydrogens (tertiary/aromatic N) is 3. The standard InChI is InChI=1S/C15H12N4O4/c1-10-2-3-11(8-13(10)19(21)22)14-5-4-12(23-14)9-17-18-15(20)6-7-16/h2-5,8-9H,6H2,1H3,(H,18,20). The summed E-state index contributed by atoms with van der Waals surface area (Å²) >= 11 is 0. The summed E-state index contributed by atoms with van der Waals surface area (Å²) in [6, 6.07) is 9.75. The number of aryl methyl sites for hydroxylation is 1. The highest BCUT2D eigenvalue weighted by molar-refractivity contribution is 5.82. The van der Waals surface area contributed by atoms with Crippen LogP contribution in [0.5, 0.6) is 0 Å². The van der Waals surface area contributed by atoms with E-state index in [2.05, 4.69) is 10.5 Å². The van der Waals surface area contributed by atoms with E-state index < -0.39 is 10.8 Å². The van der Waals surface area contributed by atoms with E-state index in [9.17, 15) is 14.9 Å². The van der Waals surface area contributed by atoms with Crippen molar-refractivity contribution in [3.05, 3.63) is 51.8 Å². The maximum Gasteiger partial charge on any atom is 0.273 e. The Balaban J connectivity index is 2.15. The first-order chi connectivity index (χ1) is 11.0. The van der Waals surface area contributed by atoms with Gasteiger partial charge in [0, 0.05) is 17.2 Å². The van der Waals surface area contributed by atoms with Gasteiger partial charge in [-0.1, -0.05) is 12.1 Å². The minimum atomic E-state index is -0.523. The van der Waals surface area contributed by atoms with Crippen molar-refractivity contribution in [3.63, 3.8) is 0 Å². The predicted molar refractivity (Wildman–Crippen MR) is 81.5 cm³/mol. The number of benzene rings is 1. The molecule has 1 heterocycles. The van der Waals surface area contributed by atoms with Gasteiger partial charge in [0.15, 0.2) is 0 Å². The van der Waals surface area contributed by atoms with Crippen molar-refractivity contribution >= 4 is 17.8 Å². The summed E-state index contributed by atoms with van der Waals surface area (Å²) in [5.74, 6) is 0.281. The molecule has 0 unspecified atom stereocenters. The molecule has 0 fully saturated rings. The van der Waals surface area contributed by atoms with Crippen LogP contribution in [-0.4, -0.2) is 17.0 Å². The highest BCUT2D eigenvalue weighted by atomic mass is 16.6. The summed E-state index contributed by atoms with van der Waals surface area (Å²) in [6.07, 6.45) is 0.995. The smallest absolute Gasteiger partial charge is 0.273 e. The minimum Gasteiger partial charge on any atom is -0.455 e. The van der Waals surface area contributed by atoms with Crippen LogP contribution in [-0.2, 0) is 4.79 Å². The second-order valence-corrected chi connectivity index (χ2v) is 4.59. The molecule has 0 bridgehead atoms. The van der Waals surface area contributed by atoms with E-state index in [-0.39, 0.29) is 12.1 Å². The molecular formula is C15H12N4O4. The Morgan fingerprint density at radius 1 is 1.48 bits per heavy atom. The van der Waals surface area contributed by atoms with Crippen LogP contribution in [0.25, 0.3) is 11.3 Å². The third-order valence-electron chi connectivity index (χ3n) is 2.94. The summed E-state index contributed by atoms with van der Waals surface area (Å²) in [7, 11) is 0. The van der Waals surface area contributed by atoms with Crippen molar-refractivity contribution in [2.45, 2.75) is 13.3 Å². The van der Waals surface area contributed by atoms with Gasteiger partial charge in [-0.2, -0.15) is 10.4 Å². The van der Waals surface area contributed by atoms with Crippen LogP contribution in [0.4, 0.5) is 5.69 Å². The number of nitrogens with one attached hydrogen (secondary N) is 1. The lowest BCUT2D eigenvalue weighted by molar-refractivity contribution is -0.385. The molecule has 0 saturated carbocycles. The SMILES string of the molecule is Cc1ccc(-c2ccc(C=NNC(=O)CC#N)o2)cc1[N+](=O)[O-]. The number of rotatable bonds is 5. The van der Waals surface area contributed by atoms with Crippen LogP contribution < -0.4 is 5.43 Å². The molecule has 1 amide bonds. The maximum absolute atomic E-state index is 11.1. The molecule has 2 aromatic rings. The lowest BCUT2D eigenvalue weighted by Crippen LogP contribution is -2.15. The van der Waals surface area contributed by atoms with Crippen LogP contribution >= 0.6 is 0 Å². The van der Waals surface area contributed by atoms with Gasteiger partial charge >= 0.3 is 0 Å². The highest BCUT2D eigenvalue weighted by Crippen LogP contribution is 2.27. The molecule has 0 aliphatic heterocycles. The van der Waals surface area contributed by atoms with Crippen molar-refractivity contribution in [2.24, 2.45) is 5.10 Å². The van der Waals surface area contributed by atoms with Crippen LogP contribution in [0.1, 0.15) is 17.7 Å². The number of nitriles is 1. The molecule has 8 nitrogen and oxygen atoms in total. The molecule has 0 saturated heterocycles. The molecule has 23 heavy (non-hydrogen) atoms. The topological polar surface area (TPSA) is 122 Å². The normalized spacial score (nSPS) is 10.4. The monoisotopic (exact) mass is 312 g/mol. The van der Waals surface area contributed by atoms with Crippen molar-refractivity contribution in [2.75, 3.05) is 0 Å². The lowest BCUT2D eigenvalue weighted by atomic mass is 10.1. The number of hydrogen-bond donors (Lipinski definition) is 1. The average molecular weight is 312 g/mol. The predicted octanol–water partition coefficient (Wildman–Crippen LogP) is 2.53. The molecule has 116 valence electrons. The highest BCUT2D eigenvalue weighted by Gasteiger charge is 2.13. The van der Waals surface area contributed by atoms with Gasteiger partial charge in [-0.25, -0.2) is 5.43 Å². The van der Waals surface area contributed by atoms with Gasteiger partial charge in [-0.15, -0.1) is 0 Å². The van der Waals surface area contributed by atoms with E-state index in [1.54, 1.807) is 37.3 Å². The van der Waals surface area contributed by atoms with E-state index >= 15 is 0 Å². The van der Waals surface area contributed by atoms with Crippen LogP contribution in [0.2, 0.25) is 0 Å².